The minimum Gasteiger partial charge on any atom is -0.497 e. The smallest absolute Gasteiger partial charge is 0.177 e. The van der Waals surface area contributed by atoms with E-state index < -0.39 is 0 Å². The Morgan fingerprint density at radius 2 is 1.88 bits per heavy atom. The molecule has 138 valence electrons. The molecule has 0 radical (unpaired) electrons. The summed E-state index contributed by atoms with van der Waals surface area (Å²) >= 11 is 6.49. The van der Waals surface area contributed by atoms with E-state index in [9.17, 15) is 0 Å². The average molecular weight is 373 g/mol. The van der Waals surface area contributed by atoms with Crippen molar-refractivity contribution in [2.45, 2.75) is 53.0 Å². The summed E-state index contributed by atoms with van der Waals surface area (Å²) in [6, 6.07) is 5.98. The van der Waals surface area contributed by atoms with Crippen molar-refractivity contribution in [2.75, 3.05) is 7.11 Å². The Kier molecular flexibility index (Phi) is 5.47. The molecule has 2 aromatic heterocycles. The normalized spacial score (nSPS) is 11.5. The van der Waals surface area contributed by atoms with Gasteiger partial charge in [0.05, 0.1) is 35.3 Å². The number of nitrogens with zero attached hydrogens (tertiary/aromatic N) is 4. The van der Waals surface area contributed by atoms with Crippen LogP contribution < -0.4 is 4.74 Å². The maximum atomic E-state index is 6.49. The summed E-state index contributed by atoms with van der Waals surface area (Å²) in [7, 11) is 1.63. The number of fused-ring (bicyclic) bond motifs is 1. The Labute approximate surface area is 159 Å². The maximum absolute atomic E-state index is 6.49. The van der Waals surface area contributed by atoms with Crippen molar-refractivity contribution in [2.24, 2.45) is 0 Å². The van der Waals surface area contributed by atoms with Gasteiger partial charge in [0.1, 0.15) is 11.3 Å². The minimum atomic E-state index is 0.334. The van der Waals surface area contributed by atoms with Crippen molar-refractivity contribution in [3.63, 3.8) is 0 Å². The van der Waals surface area contributed by atoms with Gasteiger partial charge in [-0.05, 0) is 44.4 Å². The van der Waals surface area contributed by atoms with Crippen molar-refractivity contribution < 1.29 is 4.74 Å². The Morgan fingerprint density at radius 1 is 1.15 bits per heavy atom. The third-order valence-corrected chi connectivity index (χ3v) is 5.13. The zero-order valence-electron chi connectivity index (χ0n) is 16.0. The van der Waals surface area contributed by atoms with Gasteiger partial charge in [0, 0.05) is 5.56 Å². The fraction of sp³-hybridized carbons (Fsp3) is 0.450. The van der Waals surface area contributed by atoms with Crippen molar-refractivity contribution in [3.05, 3.63) is 34.6 Å². The van der Waals surface area contributed by atoms with Crippen LogP contribution in [-0.4, -0.2) is 26.9 Å². The Bertz CT molecular complexity index is 931. The predicted molar refractivity (Wildman–Crippen MR) is 106 cm³/mol. The first-order chi connectivity index (χ1) is 12.5. The number of aromatic nitrogens is 4. The van der Waals surface area contributed by atoms with Gasteiger partial charge < -0.3 is 4.74 Å². The molecule has 0 saturated carbocycles. The van der Waals surface area contributed by atoms with E-state index in [1.165, 1.54) is 0 Å². The topological polar surface area (TPSA) is 52.8 Å². The van der Waals surface area contributed by atoms with Crippen LogP contribution in [0.5, 0.6) is 5.75 Å². The van der Waals surface area contributed by atoms with E-state index in [4.69, 9.17) is 31.4 Å². The van der Waals surface area contributed by atoms with Crippen molar-refractivity contribution >= 4 is 22.8 Å². The molecule has 26 heavy (non-hydrogen) atoms. The Balaban J connectivity index is 2.23. The summed E-state index contributed by atoms with van der Waals surface area (Å²) in [5.74, 6) is 0.726. The average Bonchev–Trinajstić information content (AvgIpc) is 2.97. The molecule has 0 amide bonds. The zero-order chi connectivity index (χ0) is 18.8. The molecule has 0 atom stereocenters. The van der Waals surface area contributed by atoms with Crippen LogP contribution >= 0.6 is 11.6 Å². The van der Waals surface area contributed by atoms with Crippen LogP contribution in [0, 0.1) is 6.92 Å². The lowest BCUT2D eigenvalue weighted by atomic mass is 10.1. The number of methoxy groups -OCH3 is 1. The molecule has 6 heteroatoms. The van der Waals surface area contributed by atoms with Crippen molar-refractivity contribution in [1.82, 2.24) is 19.7 Å². The first-order valence-corrected chi connectivity index (χ1v) is 9.51. The highest BCUT2D eigenvalue weighted by Gasteiger charge is 2.20. The predicted octanol–water partition coefficient (Wildman–Crippen LogP) is 5.39. The van der Waals surface area contributed by atoms with Crippen LogP contribution in [-0.2, 0) is 6.42 Å². The SMILES string of the molecule is CCc1nc2c(nc1-c1ccc(OC)cc1Cl)c(C)nn2C(CC)CC. The summed E-state index contributed by atoms with van der Waals surface area (Å²) < 4.78 is 7.29. The monoisotopic (exact) mass is 372 g/mol. The second kappa shape index (κ2) is 7.62. The van der Waals surface area contributed by atoms with Crippen LogP contribution in [0.2, 0.25) is 5.02 Å². The third kappa shape index (κ3) is 3.16. The molecule has 3 rings (SSSR count). The molecule has 0 saturated heterocycles. The quantitative estimate of drug-likeness (QED) is 0.582. The molecule has 0 aliphatic carbocycles. The lowest BCUT2D eigenvalue weighted by molar-refractivity contribution is 0.415. The van der Waals surface area contributed by atoms with Gasteiger partial charge in [0.15, 0.2) is 5.65 Å². The first-order valence-electron chi connectivity index (χ1n) is 9.13. The number of hydrogen-bond acceptors (Lipinski definition) is 4. The van der Waals surface area contributed by atoms with E-state index in [2.05, 4.69) is 20.8 Å². The fourth-order valence-electron chi connectivity index (χ4n) is 3.28. The molecular formula is C20H25ClN4O. The highest BCUT2D eigenvalue weighted by molar-refractivity contribution is 6.33. The Morgan fingerprint density at radius 3 is 2.46 bits per heavy atom. The van der Waals surface area contributed by atoms with Gasteiger partial charge in [0.25, 0.3) is 0 Å². The molecular weight excluding hydrogens is 348 g/mol. The molecule has 2 heterocycles. The van der Waals surface area contributed by atoms with Gasteiger partial charge in [0.2, 0.25) is 0 Å². The second-order valence-corrected chi connectivity index (χ2v) is 6.80. The van der Waals surface area contributed by atoms with Gasteiger partial charge in [-0.15, -0.1) is 0 Å². The molecule has 0 unspecified atom stereocenters. The van der Waals surface area contributed by atoms with E-state index in [0.29, 0.717) is 11.1 Å². The molecule has 0 aliphatic rings. The summed E-state index contributed by atoms with van der Waals surface area (Å²) in [5.41, 5.74) is 5.22. The highest BCUT2D eigenvalue weighted by atomic mass is 35.5. The molecule has 0 N–H and O–H groups in total. The summed E-state index contributed by atoms with van der Waals surface area (Å²) in [6.45, 7) is 8.43. The number of halogens is 1. The Hall–Kier alpha value is -2.14. The number of ether oxygens (including phenoxy) is 1. The summed E-state index contributed by atoms with van der Waals surface area (Å²) in [5, 5.41) is 5.34. The van der Waals surface area contributed by atoms with E-state index >= 15 is 0 Å². The van der Waals surface area contributed by atoms with Crippen LogP contribution in [0.15, 0.2) is 18.2 Å². The molecule has 0 spiro atoms. The first kappa shape index (κ1) is 18.6. The van der Waals surface area contributed by atoms with E-state index in [1.54, 1.807) is 7.11 Å². The van der Waals surface area contributed by atoms with E-state index in [-0.39, 0.29) is 0 Å². The summed E-state index contributed by atoms with van der Waals surface area (Å²) in [4.78, 5) is 9.87. The second-order valence-electron chi connectivity index (χ2n) is 6.39. The molecule has 5 nitrogen and oxygen atoms in total. The third-order valence-electron chi connectivity index (χ3n) is 4.82. The van der Waals surface area contributed by atoms with Crippen molar-refractivity contribution in [1.29, 1.82) is 0 Å². The van der Waals surface area contributed by atoms with E-state index in [0.717, 1.165) is 58.8 Å². The lowest BCUT2D eigenvalue weighted by Gasteiger charge is -2.15. The standard InChI is InChI=1S/C20H25ClN4O/c1-6-13(7-2)25-20-18(12(4)24-25)23-19(17(8-3)22-20)15-10-9-14(26-5)11-16(15)21/h9-11,13H,6-8H2,1-5H3. The van der Waals surface area contributed by atoms with Gasteiger partial charge >= 0.3 is 0 Å². The highest BCUT2D eigenvalue weighted by Crippen LogP contribution is 2.34. The zero-order valence-corrected chi connectivity index (χ0v) is 16.8. The van der Waals surface area contributed by atoms with Gasteiger partial charge in [-0.2, -0.15) is 5.10 Å². The van der Waals surface area contributed by atoms with Crippen LogP contribution in [0.25, 0.3) is 22.4 Å². The molecule has 0 bridgehead atoms. The molecule has 0 fully saturated rings. The molecule has 1 aromatic carbocycles. The number of hydrogen-bond donors (Lipinski definition) is 0. The number of benzene rings is 1. The molecule has 0 aliphatic heterocycles. The van der Waals surface area contributed by atoms with E-state index in [1.807, 2.05) is 29.8 Å². The molecule has 3 aromatic rings. The van der Waals surface area contributed by atoms with Crippen LogP contribution in [0.3, 0.4) is 0 Å². The maximum Gasteiger partial charge on any atom is 0.177 e. The number of aryl methyl sites for hydroxylation is 2. The number of rotatable bonds is 6. The van der Waals surface area contributed by atoms with Crippen molar-refractivity contribution in [3.8, 4) is 17.0 Å². The van der Waals surface area contributed by atoms with Gasteiger partial charge in [-0.25, -0.2) is 14.6 Å². The summed E-state index contributed by atoms with van der Waals surface area (Å²) in [6.07, 6.45) is 2.80. The van der Waals surface area contributed by atoms with Gasteiger partial charge in [-0.1, -0.05) is 32.4 Å². The van der Waals surface area contributed by atoms with Crippen LogP contribution in [0.4, 0.5) is 0 Å². The van der Waals surface area contributed by atoms with Crippen LogP contribution in [0.1, 0.15) is 51.0 Å². The fourth-order valence-corrected chi connectivity index (χ4v) is 3.55. The largest absolute Gasteiger partial charge is 0.497 e. The minimum absolute atomic E-state index is 0.334. The lowest BCUT2D eigenvalue weighted by Crippen LogP contribution is -2.10. The van der Waals surface area contributed by atoms with Gasteiger partial charge in [-0.3, -0.25) is 0 Å².